The van der Waals surface area contributed by atoms with Crippen LogP contribution in [0.4, 0.5) is 11.5 Å². The van der Waals surface area contributed by atoms with Gasteiger partial charge in [-0.15, -0.1) is 0 Å². The van der Waals surface area contributed by atoms with Crippen LogP contribution >= 0.6 is 34.8 Å². The summed E-state index contributed by atoms with van der Waals surface area (Å²) >= 11 is 18.0. The lowest BCUT2D eigenvalue weighted by molar-refractivity contribution is 1.09. The lowest BCUT2D eigenvalue weighted by atomic mass is 10.3. The van der Waals surface area contributed by atoms with Gasteiger partial charge in [0.25, 0.3) is 0 Å². The standard InChI is InChI=1S/C11H6Cl3N5/c12-6-2-1-3-7(13)8(6)16-9-5-4-15-19-10(5)18-11(14)17-9/h1-4H,(H2,15,16,17,18,19). The van der Waals surface area contributed by atoms with E-state index >= 15 is 0 Å². The zero-order chi connectivity index (χ0) is 13.4. The number of anilines is 2. The molecule has 0 spiro atoms. The number of rotatable bonds is 2. The van der Waals surface area contributed by atoms with E-state index in [9.17, 15) is 0 Å². The first-order valence-corrected chi connectivity index (χ1v) is 6.36. The van der Waals surface area contributed by atoms with Crippen molar-refractivity contribution in [1.29, 1.82) is 0 Å². The van der Waals surface area contributed by atoms with E-state index in [4.69, 9.17) is 34.8 Å². The van der Waals surface area contributed by atoms with Crippen molar-refractivity contribution in [3.63, 3.8) is 0 Å². The zero-order valence-corrected chi connectivity index (χ0v) is 11.6. The zero-order valence-electron chi connectivity index (χ0n) is 9.28. The minimum absolute atomic E-state index is 0.0995. The van der Waals surface area contributed by atoms with Crippen LogP contribution in [-0.4, -0.2) is 20.2 Å². The summed E-state index contributed by atoms with van der Waals surface area (Å²) in [6.07, 6.45) is 1.60. The number of hydrogen-bond donors (Lipinski definition) is 2. The minimum atomic E-state index is 0.0995. The van der Waals surface area contributed by atoms with Crippen molar-refractivity contribution in [3.8, 4) is 0 Å². The Labute approximate surface area is 122 Å². The monoisotopic (exact) mass is 313 g/mol. The summed E-state index contributed by atoms with van der Waals surface area (Å²) in [5.41, 5.74) is 1.09. The number of nitrogens with one attached hydrogen (secondary N) is 2. The normalized spacial score (nSPS) is 10.9. The Hall–Kier alpha value is -1.56. The van der Waals surface area contributed by atoms with E-state index in [2.05, 4.69) is 25.5 Å². The number of H-pyrrole nitrogens is 1. The highest BCUT2D eigenvalue weighted by Crippen LogP contribution is 2.33. The Morgan fingerprint density at radius 2 is 1.79 bits per heavy atom. The fourth-order valence-electron chi connectivity index (χ4n) is 1.64. The van der Waals surface area contributed by atoms with Crippen LogP contribution in [0.1, 0.15) is 0 Å². The molecule has 0 radical (unpaired) electrons. The van der Waals surface area contributed by atoms with Gasteiger partial charge in [-0.05, 0) is 23.7 Å². The number of nitrogens with zero attached hydrogens (tertiary/aromatic N) is 3. The molecule has 0 amide bonds. The van der Waals surface area contributed by atoms with Gasteiger partial charge in [0.15, 0.2) is 5.65 Å². The van der Waals surface area contributed by atoms with Crippen molar-refractivity contribution in [1.82, 2.24) is 20.2 Å². The molecule has 0 saturated carbocycles. The quantitative estimate of drug-likeness (QED) is 0.700. The number of hydrogen-bond acceptors (Lipinski definition) is 4. The van der Waals surface area contributed by atoms with Gasteiger partial charge >= 0.3 is 0 Å². The average molecular weight is 315 g/mol. The molecule has 19 heavy (non-hydrogen) atoms. The predicted molar refractivity (Wildman–Crippen MR) is 76.4 cm³/mol. The number of aromatic amines is 1. The summed E-state index contributed by atoms with van der Waals surface area (Å²) in [7, 11) is 0. The molecule has 1 aromatic carbocycles. The van der Waals surface area contributed by atoms with Gasteiger partial charge in [0.05, 0.1) is 27.3 Å². The van der Waals surface area contributed by atoms with E-state index in [-0.39, 0.29) is 5.28 Å². The number of benzene rings is 1. The van der Waals surface area contributed by atoms with Crippen molar-refractivity contribution in [3.05, 3.63) is 39.7 Å². The van der Waals surface area contributed by atoms with E-state index in [1.54, 1.807) is 24.4 Å². The van der Waals surface area contributed by atoms with E-state index in [0.717, 1.165) is 0 Å². The molecule has 0 aliphatic heterocycles. The molecule has 2 N–H and O–H groups in total. The maximum Gasteiger partial charge on any atom is 0.226 e. The lowest BCUT2D eigenvalue weighted by Gasteiger charge is -2.10. The molecular formula is C11H6Cl3N5. The van der Waals surface area contributed by atoms with E-state index in [1.807, 2.05) is 0 Å². The van der Waals surface area contributed by atoms with Crippen LogP contribution in [0.5, 0.6) is 0 Å². The highest BCUT2D eigenvalue weighted by atomic mass is 35.5. The number of fused-ring (bicyclic) bond motifs is 1. The third kappa shape index (κ3) is 2.32. The third-order valence-corrected chi connectivity index (χ3v) is 3.29. The first-order valence-electron chi connectivity index (χ1n) is 5.23. The van der Waals surface area contributed by atoms with Crippen molar-refractivity contribution >= 4 is 57.3 Å². The van der Waals surface area contributed by atoms with Gasteiger partial charge in [-0.1, -0.05) is 29.3 Å². The molecule has 8 heteroatoms. The Kier molecular flexibility index (Phi) is 3.18. The molecule has 0 aliphatic carbocycles. The first kappa shape index (κ1) is 12.5. The highest BCUT2D eigenvalue weighted by Gasteiger charge is 2.12. The molecule has 0 saturated heterocycles. The van der Waals surface area contributed by atoms with Crippen LogP contribution in [0.15, 0.2) is 24.4 Å². The van der Waals surface area contributed by atoms with Gasteiger partial charge in [-0.3, -0.25) is 5.10 Å². The number of halogens is 3. The SMILES string of the molecule is Clc1nc(Nc2c(Cl)cccc2Cl)c2cn[nH]c2n1. The van der Waals surface area contributed by atoms with Crippen molar-refractivity contribution in [2.45, 2.75) is 0 Å². The molecule has 0 bridgehead atoms. The molecule has 96 valence electrons. The smallest absolute Gasteiger partial charge is 0.226 e. The summed E-state index contributed by atoms with van der Waals surface area (Å²) in [5, 5.41) is 11.4. The average Bonchev–Trinajstić information content (AvgIpc) is 2.81. The summed E-state index contributed by atoms with van der Waals surface area (Å²) in [5.74, 6) is 0.485. The van der Waals surface area contributed by atoms with Crippen molar-refractivity contribution in [2.75, 3.05) is 5.32 Å². The highest BCUT2D eigenvalue weighted by molar-refractivity contribution is 6.39. The van der Waals surface area contributed by atoms with Gasteiger partial charge in [-0.25, -0.2) is 0 Å². The molecule has 3 rings (SSSR count). The van der Waals surface area contributed by atoms with Crippen LogP contribution in [0, 0.1) is 0 Å². The van der Waals surface area contributed by atoms with Crippen LogP contribution in [0.2, 0.25) is 15.3 Å². The van der Waals surface area contributed by atoms with E-state index in [0.29, 0.717) is 32.6 Å². The topological polar surface area (TPSA) is 66.5 Å². The summed E-state index contributed by atoms with van der Waals surface area (Å²) in [6, 6.07) is 5.21. The van der Waals surface area contributed by atoms with Gasteiger partial charge in [0, 0.05) is 0 Å². The maximum atomic E-state index is 6.10. The molecule has 0 aliphatic rings. The van der Waals surface area contributed by atoms with Crippen molar-refractivity contribution < 1.29 is 0 Å². The Bertz CT molecular complexity index is 735. The summed E-state index contributed by atoms with van der Waals surface area (Å²) in [6.45, 7) is 0. The molecule has 2 heterocycles. The largest absolute Gasteiger partial charge is 0.337 e. The summed E-state index contributed by atoms with van der Waals surface area (Å²) < 4.78 is 0. The second kappa shape index (κ2) is 4.85. The predicted octanol–water partition coefficient (Wildman–Crippen LogP) is 4.06. The Balaban J connectivity index is 2.13. The molecule has 3 aromatic rings. The maximum absolute atomic E-state index is 6.10. The molecule has 0 unspecified atom stereocenters. The first-order chi connectivity index (χ1) is 9.15. The van der Waals surface area contributed by atoms with Crippen molar-refractivity contribution in [2.24, 2.45) is 0 Å². The fraction of sp³-hybridized carbons (Fsp3) is 0. The van der Waals surface area contributed by atoms with Crippen LogP contribution in [0.25, 0.3) is 11.0 Å². The molecule has 2 aromatic heterocycles. The summed E-state index contributed by atoms with van der Waals surface area (Å²) in [4.78, 5) is 8.13. The van der Waals surface area contributed by atoms with Crippen LogP contribution in [0.3, 0.4) is 0 Å². The fourth-order valence-corrected chi connectivity index (χ4v) is 2.30. The van der Waals surface area contributed by atoms with Gasteiger partial charge in [0.2, 0.25) is 5.28 Å². The second-order valence-electron chi connectivity index (χ2n) is 3.70. The molecule has 0 fully saturated rings. The van der Waals surface area contributed by atoms with Crippen LogP contribution in [-0.2, 0) is 0 Å². The Morgan fingerprint density at radius 1 is 1.05 bits per heavy atom. The molecular weight excluding hydrogens is 309 g/mol. The van der Waals surface area contributed by atoms with E-state index < -0.39 is 0 Å². The van der Waals surface area contributed by atoms with Gasteiger partial charge in [-0.2, -0.15) is 15.1 Å². The van der Waals surface area contributed by atoms with Crippen LogP contribution < -0.4 is 5.32 Å². The third-order valence-electron chi connectivity index (χ3n) is 2.49. The Morgan fingerprint density at radius 3 is 2.53 bits per heavy atom. The number of aromatic nitrogens is 4. The molecule has 0 atom stereocenters. The van der Waals surface area contributed by atoms with E-state index in [1.165, 1.54) is 0 Å². The van der Waals surface area contributed by atoms with Gasteiger partial charge < -0.3 is 5.32 Å². The lowest BCUT2D eigenvalue weighted by Crippen LogP contribution is -1.97. The second-order valence-corrected chi connectivity index (χ2v) is 4.85. The van der Waals surface area contributed by atoms with Gasteiger partial charge in [0.1, 0.15) is 5.82 Å². The number of para-hydroxylation sites is 1. The minimum Gasteiger partial charge on any atom is -0.337 e. The molecule has 5 nitrogen and oxygen atoms in total.